The Morgan fingerprint density at radius 2 is 1.97 bits per heavy atom. The van der Waals surface area contributed by atoms with E-state index in [-0.39, 0.29) is 12.5 Å². The van der Waals surface area contributed by atoms with Gasteiger partial charge in [-0.15, -0.1) is 0 Å². The van der Waals surface area contributed by atoms with E-state index in [4.69, 9.17) is 4.74 Å². The number of fused-ring (bicyclic) bond motifs is 3. The summed E-state index contributed by atoms with van der Waals surface area (Å²) in [4.78, 5) is 16.9. The number of amides is 1. The molecular weight excluding hydrogens is 400 g/mol. The number of hydrogen-bond acceptors (Lipinski definition) is 4. The summed E-state index contributed by atoms with van der Waals surface area (Å²) in [6.45, 7) is 4.37. The first-order chi connectivity index (χ1) is 15.6. The van der Waals surface area contributed by atoms with Gasteiger partial charge < -0.3 is 14.7 Å². The van der Waals surface area contributed by atoms with E-state index in [1.165, 1.54) is 43.4 Å². The second-order valence-electron chi connectivity index (χ2n) is 9.36. The fraction of sp³-hybridized carbons (Fsp3) is 0.519. The van der Waals surface area contributed by atoms with Crippen molar-refractivity contribution in [3.05, 3.63) is 64.7 Å². The van der Waals surface area contributed by atoms with Crippen LogP contribution >= 0.6 is 0 Å². The summed E-state index contributed by atoms with van der Waals surface area (Å²) in [6.07, 6.45) is 6.91. The Kier molecular flexibility index (Phi) is 7.82. The molecule has 1 saturated carbocycles. The van der Waals surface area contributed by atoms with Gasteiger partial charge in [0.15, 0.2) is 0 Å². The van der Waals surface area contributed by atoms with Crippen molar-refractivity contribution in [1.29, 1.82) is 0 Å². The van der Waals surface area contributed by atoms with Gasteiger partial charge in [0.05, 0.1) is 13.2 Å². The summed E-state index contributed by atoms with van der Waals surface area (Å²) in [5.74, 6) is 1.68. The standard InChI is InChI=1S/C27H36N2O3/c1-28(13-14-30)27(31)24-10-11-26-25(18-24)17-22-6-5-7-23(16-22)20-29(19-21-8-9-21)12-3-2-4-15-32-26/h5-7,10-11,16,18,21,30H,2-4,8-9,12-15,17,19-20H2,1H3. The average molecular weight is 437 g/mol. The van der Waals surface area contributed by atoms with Crippen LogP contribution in [0.25, 0.3) is 0 Å². The van der Waals surface area contributed by atoms with Gasteiger partial charge in [-0.3, -0.25) is 9.69 Å². The predicted molar refractivity (Wildman–Crippen MR) is 127 cm³/mol. The molecule has 0 unspecified atom stereocenters. The normalized spacial score (nSPS) is 17.7. The van der Waals surface area contributed by atoms with Crippen molar-refractivity contribution in [3.8, 4) is 5.75 Å². The van der Waals surface area contributed by atoms with Crippen molar-refractivity contribution in [2.75, 3.05) is 39.9 Å². The Hall–Kier alpha value is -2.37. The average Bonchev–Trinajstić information content (AvgIpc) is 3.60. The van der Waals surface area contributed by atoms with Gasteiger partial charge >= 0.3 is 0 Å². The van der Waals surface area contributed by atoms with Crippen molar-refractivity contribution < 1.29 is 14.6 Å². The summed E-state index contributed by atoms with van der Waals surface area (Å²) in [7, 11) is 1.72. The summed E-state index contributed by atoms with van der Waals surface area (Å²) in [5, 5.41) is 9.17. The Bertz CT molecular complexity index is 910. The van der Waals surface area contributed by atoms with Gasteiger partial charge in [-0.1, -0.05) is 24.3 Å². The lowest BCUT2D eigenvalue weighted by Gasteiger charge is -2.23. The van der Waals surface area contributed by atoms with E-state index in [1.807, 2.05) is 18.2 Å². The van der Waals surface area contributed by atoms with E-state index in [0.29, 0.717) is 18.7 Å². The van der Waals surface area contributed by atoms with Crippen LogP contribution in [0, 0.1) is 5.92 Å². The van der Waals surface area contributed by atoms with Crippen molar-refractivity contribution in [3.63, 3.8) is 0 Å². The molecular formula is C27H36N2O3. The molecule has 32 heavy (non-hydrogen) atoms. The summed E-state index contributed by atoms with van der Waals surface area (Å²) in [5.41, 5.74) is 4.27. The van der Waals surface area contributed by atoms with Crippen molar-refractivity contribution in [1.82, 2.24) is 9.80 Å². The molecule has 0 aromatic heterocycles. The van der Waals surface area contributed by atoms with E-state index in [2.05, 4.69) is 29.2 Å². The maximum atomic E-state index is 12.8. The molecule has 1 aliphatic heterocycles. The molecule has 2 bridgehead atoms. The predicted octanol–water partition coefficient (Wildman–Crippen LogP) is 4.12. The minimum absolute atomic E-state index is 0.0408. The van der Waals surface area contributed by atoms with Crippen LogP contribution in [0.3, 0.4) is 0 Å². The van der Waals surface area contributed by atoms with E-state index in [1.54, 1.807) is 11.9 Å². The Balaban J connectivity index is 1.58. The zero-order valence-corrected chi connectivity index (χ0v) is 19.3. The van der Waals surface area contributed by atoms with Crippen LogP contribution in [0.2, 0.25) is 0 Å². The van der Waals surface area contributed by atoms with Crippen molar-refractivity contribution in [2.24, 2.45) is 5.92 Å². The van der Waals surface area contributed by atoms with E-state index < -0.39 is 0 Å². The van der Waals surface area contributed by atoms with Crippen LogP contribution in [0.1, 0.15) is 59.2 Å². The second-order valence-corrected chi connectivity index (χ2v) is 9.36. The zero-order chi connectivity index (χ0) is 22.3. The molecule has 2 aromatic carbocycles. The minimum Gasteiger partial charge on any atom is -0.493 e. The van der Waals surface area contributed by atoms with Gasteiger partial charge in [-0.25, -0.2) is 0 Å². The Morgan fingerprint density at radius 1 is 1.12 bits per heavy atom. The number of benzene rings is 2. The Labute approximate surface area is 192 Å². The number of carbonyl (C=O) groups is 1. The lowest BCUT2D eigenvalue weighted by atomic mass is 9.99. The highest BCUT2D eigenvalue weighted by Gasteiger charge is 2.24. The highest BCUT2D eigenvalue weighted by atomic mass is 16.5. The molecule has 5 heteroatoms. The molecule has 0 atom stereocenters. The smallest absolute Gasteiger partial charge is 0.253 e. The molecule has 0 radical (unpaired) electrons. The van der Waals surface area contributed by atoms with Gasteiger partial charge in [-0.05, 0) is 79.5 Å². The lowest BCUT2D eigenvalue weighted by molar-refractivity contribution is 0.0767. The fourth-order valence-corrected chi connectivity index (χ4v) is 4.48. The number of aliphatic hydroxyl groups is 1. The highest BCUT2D eigenvalue weighted by Crippen LogP contribution is 2.31. The lowest BCUT2D eigenvalue weighted by Crippen LogP contribution is -2.29. The number of nitrogens with zero attached hydrogens (tertiary/aromatic N) is 2. The summed E-state index contributed by atoms with van der Waals surface area (Å²) in [6, 6.07) is 14.6. The third kappa shape index (κ3) is 6.33. The highest BCUT2D eigenvalue weighted by molar-refractivity contribution is 5.94. The van der Waals surface area contributed by atoms with Gasteiger partial charge in [0.25, 0.3) is 5.91 Å². The molecule has 2 aromatic rings. The molecule has 4 rings (SSSR count). The van der Waals surface area contributed by atoms with Gasteiger partial charge in [0.2, 0.25) is 0 Å². The molecule has 1 fully saturated rings. The quantitative estimate of drug-likeness (QED) is 0.766. The number of aliphatic hydroxyl groups excluding tert-OH is 1. The molecule has 2 aliphatic rings. The summed E-state index contributed by atoms with van der Waals surface area (Å²) >= 11 is 0. The van der Waals surface area contributed by atoms with Crippen LogP contribution in [-0.2, 0) is 13.0 Å². The molecule has 1 amide bonds. The van der Waals surface area contributed by atoms with Crippen LogP contribution in [0.4, 0.5) is 0 Å². The van der Waals surface area contributed by atoms with E-state index in [9.17, 15) is 9.90 Å². The maximum absolute atomic E-state index is 12.8. The summed E-state index contributed by atoms with van der Waals surface area (Å²) < 4.78 is 6.17. The molecule has 172 valence electrons. The number of likely N-dealkylation sites (N-methyl/N-ethyl adjacent to an activating group) is 1. The second kappa shape index (κ2) is 11.0. The third-order valence-electron chi connectivity index (χ3n) is 6.47. The number of carbonyl (C=O) groups excluding carboxylic acids is 1. The molecule has 1 heterocycles. The van der Waals surface area contributed by atoms with Crippen LogP contribution < -0.4 is 4.74 Å². The van der Waals surface area contributed by atoms with Crippen molar-refractivity contribution >= 4 is 5.91 Å². The maximum Gasteiger partial charge on any atom is 0.253 e. The van der Waals surface area contributed by atoms with E-state index in [0.717, 1.165) is 43.2 Å². The van der Waals surface area contributed by atoms with Gasteiger partial charge in [0, 0.05) is 38.7 Å². The SMILES string of the molecule is CN(CCO)C(=O)c1ccc2c(c1)Cc1cccc(c1)CN(CC1CC1)CCCCCO2. The van der Waals surface area contributed by atoms with Gasteiger partial charge in [0.1, 0.15) is 5.75 Å². The first-order valence-electron chi connectivity index (χ1n) is 12.0. The van der Waals surface area contributed by atoms with Crippen molar-refractivity contribution in [2.45, 2.75) is 45.1 Å². The number of hydrogen-bond donors (Lipinski definition) is 1. The molecule has 5 nitrogen and oxygen atoms in total. The number of ether oxygens (including phenoxy) is 1. The molecule has 1 N–H and O–H groups in total. The monoisotopic (exact) mass is 436 g/mol. The molecule has 0 spiro atoms. The largest absolute Gasteiger partial charge is 0.493 e. The molecule has 1 aliphatic carbocycles. The number of rotatable bonds is 5. The first kappa shape index (κ1) is 22.8. The fourth-order valence-electron chi connectivity index (χ4n) is 4.48. The zero-order valence-electron chi connectivity index (χ0n) is 19.3. The van der Waals surface area contributed by atoms with E-state index >= 15 is 0 Å². The minimum atomic E-state index is -0.0780. The van der Waals surface area contributed by atoms with Crippen LogP contribution in [0.5, 0.6) is 5.75 Å². The van der Waals surface area contributed by atoms with Gasteiger partial charge in [-0.2, -0.15) is 0 Å². The van der Waals surface area contributed by atoms with Crippen LogP contribution in [-0.4, -0.2) is 60.7 Å². The topological polar surface area (TPSA) is 53.0 Å². The first-order valence-corrected chi connectivity index (χ1v) is 12.0. The molecule has 0 saturated heterocycles. The Morgan fingerprint density at radius 3 is 2.78 bits per heavy atom. The third-order valence-corrected chi connectivity index (χ3v) is 6.47. The van der Waals surface area contributed by atoms with Crippen LogP contribution in [0.15, 0.2) is 42.5 Å².